The first-order valence-corrected chi connectivity index (χ1v) is 17.6. The van der Waals surface area contributed by atoms with Gasteiger partial charge in [0.25, 0.3) is 5.91 Å². The van der Waals surface area contributed by atoms with Gasteiger partial charge in [0.15, 0.2) is 6.73 Å². The Bertz CT molecular complexity index is 1670. The van der Waals surface area contributed by atoms with Crippen LogP contribution in [0.2, 0.25) is 0 Å². The summed E-state index contributed by atoms with van der Waals surface area (Å²) < 4.78 is 49.3. The SMILES string of the molecule is CCOC(=O)N1CCC2(CC1)C[C@H](NC(=O)c1cccc3cn(COP(=O)(OC(C)(C)C)OC(C)(C)C)nc13)c1nc(OC)ccc1O2. The number of likely N-dealkylation sites (tertiary alicyclic amines) is 1. The normalized spacial score (nSPS) is 17.9. The highest BCUT2D eigenvalue weighted by molar-refractivity contribution is 7.48. The van der Waals surface area contributed by atoms with Gasteiger partial charge in [-0.1, -0.05) is 12.1 Å². The minimum atomic E-state index is -3.99. The van der Waals surface area contributed by atoms with E-state index < -0.39 is 30.7 Å². The first-order chi connectivity index (χ1) is 22.5. The van der Waals surface area contributed by atoms with Gasteiger partial charge in [0.1, 0.15) is 22.6 Å². The fourth-order valence-electron chi connectivity index (χ4n) is 5.83. The predicted molar refractivity (Wildman–Crippen MR) is 177 cm³/mol. The molecule has 1 atom stereocenters. The molecule has 2 aliphatic heterocycles. The third kappa shape index (κ3) is 8.46. The number of amides is 2. The Labute approximate surface area is 281 Å². The molecule has 0 radical (unpaired) electrons. The minimum Gasteiger partial charge on any atom is -0.485 e. The number of carbonyl (C=O) groups is 2. The Morgan fingerprint density at radius 1 is 1.06 bits per heavy atom. The van der Waals surface area contributed by atoms with Gasteiger partial charge in [-0.25, -0.2) is 19.0 Å². The zero-order valence-corrected chi connectivity index (χ0v) is 29.8. The minimum absolute atomic E-state index is 0.235. The van der Waals surface area contributed by atoms with Gasteiger partial charge < -0.3 is 24.4 Å². The number of piperidine rings is 1. The zero-order chi connectivity index (χ0) is 34.9. The van der Waals surface area contributed by atoms with Gasteiger partial charge >= 0.3 is 13.9 Å². The Balaban J connectivity index is 1.37. The number of rotatable bonds is 9. The summed E-state index contributed by atoms with van der Waals surface area (Å²) in [6.07, 6.45) is 2.92. The smallest absolute Gasteiger partial charge is 0.477 e. The number of ether oxygens (including phenoxy) is 3. The Kier molecular flexibility index (Phi) is 10.1. The van der Waals surface area contributed by atoms with Crippen LogP contribution in [0.4, 0.5) is 4.79 Å². The third-order valence-electron chi connectivity index (χ3n) is 7.76. The van der Waals surface area contributed by atoms with Crippen LogP contribution in [-0.2, 0) is 29.6 Å². The van der Waals surface area contributed by atoms with Crippen LogP contribution >= 0.6 is 7.82 Å². The number of pyridine rings is 1. The molecule has 2 amide bonds. The molecule has 15 heteroatoms. The molecule has 0 unspecified atom stereocenters. The summed E-state index contributed by atoms with van der Waals surface area (Å²) in [5, 5.41) is 8.46. The summed E-state index contributed by atoms with van der Waals surface area (Å²) >= 11 is 0. The van der Waals surface area contributed by atoms with E-state index in [9.17, 15) is 14.2 Å². The molecule has 1 aromatic carbocycles. The maximum atomic E-state index is 14.0. The van der Waals surface area contributed by atoms with Crippen molar-refractivity contribution in [2.75, 3.05) is 26.8 Å². The quantitative estimate of drug-likeness (QED) is 0.249. The first kappa shape index (κ1) is 35.6. The lowest BCUT2D eigenvalue weighted by Gasteiger charge is -2.46. The molecule has 0 saturated carbocycles. The molecule has 1 N–H and O–H groups in total. The van der Waals surface area contributed by atoms with Crippen molar-refractivity contribution in [3.63, 3.8) is 0 Å². The van der Waals surface area contributed by atoms with Crippen LogP contribution < -0.4 is 14.8 Å². The van der Waals surface area contributed by atoms with E-state index in [4.69, 9.17) is 27.8 Å². The Morgan fingerprint density at radius 2 is 1.75 bits per heavy atom. The molecule has 2 aromatic heterocycles. The lowest BCUT2D eigenvalue weighted by atomic mass is 9.81. The van der Waals surface area contributed by atoms with E-state index in [1.807, 2.05) is 6.07 Å². The summed E-state index contributed by atoms with van der Waals surface area (Å²) in [5.74, 6) is 0.593. The van der Waals surface area contributed by atoms with Crippen molar-refractivity contribution in [2.45, 2.75) is 97.3 Å². The molecule has 48 heavy (non-hydrogen) atoms. The van der Waals surface area contributed by atoms with Gasteiger partial charge in [-0.3, -0.25) is 18.4 Å². The van der Waals surface area contributed by atoms with E-state index in [-0.39, 0.29) is 18.7 Å². The summed E-state index contributed by atoms with van der Waals surface area (Å²) in [6.45, 7) is 13.4. The molecule has 5 rings (SSSR count). The number of benzene rings is 1. The molecule has 2 aliphatic rings. The van der Waals surface area contributed by atoms with Gasteiger partial charge in [0.05, 0.1) is 36.5 Å². The molecular formula is C33H46N5O9P. The Hall–Kier alpha value is -3.71. The lowest BCUT2D eigenvalue weighted by Crippen LogP contribution is -2.53. The van der Waals surface area contributed by atoms with Gasteiger partial charge in [0, 0.05) is 50.0 Å². The Morgan fingerprint density at radius 3 is 2.38 bits per heavy atom. The second kappa shape index (κ2) is 13.7. The average Bonchev–Trinajstić information content (AvgIpc) is 3.42. The molecule has 262 valence electrons. The number of nitrogens with one attached hydrogen (secondary N) is 1. The van der Waals surface area contributed by atoms with Gasteiger partial charge in [-0.15, -0.1) is 0 Å². The highest BCUT2D eigenvalue weighted by Crippen LogP contribution is 2.55. The largest absolute Gasteiger partial charge is 0.485 e. The van der Waals surface area contributed by atoms with Crippen molar-refractivity contribution >= 4 is 30.7 Å². The lowest BCUT2D eigenvalue weighted by molar-refractivity contribution is -0.0246. The van der Waals surface area contributed by atoms with E-state index in [2.05, 4.69) is 15.4 Å². The molecule has 1 saturated heterocycles. The van der Waals surface area contributed by atoms with E-state index in [0.29, 0.717) is 72.7 Å². The molecular weight excluding hydrogens is 641 g/mol. The third-order valence-corrected chi connectivity index (χ3v) is 9.73. The summed E-state index contributed by atoms with van der Waals surface area (Å²) in [6, 6.07) is 8.30. The van der Waals surface area contributed by atoms with E-state index in [0.717, 1.165) is 0 Å². The van der Waals surface area contributed by atoms with Crippen LogP contribution in [0, 0.1) is 0 Å². The number of nitrogens with zero attached hydrogens (tertiary/aromatic N) is 4. The number of phosphoric acid groups is 1. The summed E-state index contributed by atoms with van der Waals surface area (Å²) in [4.78, 5) is 32.6. The molecule has 3 aromatic rings. The molecule has 14 nitrogen and oxygen atoms in total. The fraction of sp³-hybridized carbons (Fsp3) is 0.576. The number of aromatic nitrogens is 3. The number of carbonyl (C=O) groups excluding carboxylic acids is 2. The van der Waals surface area contributed by atoms with E-state index in [1.54, 1.807) is 83.8 Å². The highest BCUT2D eigenvalue weighted by Gasteiger charge is 2.46. The van der Waals surface area contributed by atoms with Crippen LogP contribution in [0.1, 0.15) is 89.8 Å². The maximum Gasteiger partial charge on any atom is 0.477 e. The van der Waals surface area contributed by atoms with Crippen LogP contribution in [0.15, 0.2) is 36.5 Å². The van der Waals surface area contributed by atoms with Crippen molar-refractivity contribution in [3.8, 4) is 11.6 Å². The van der Waals surface area contributed by atoms with Crippen LogP contribution in [0.25, 0.3) is 10.9 Å². The van der Waals surface area contributed by atoms with Gasteiger partial charge in [0.2, 0.25) is 5.88 Å². The molecule has 1 spiro atoms. The average molecular weight is 688 g/mol. The van der Waals surface area contributed by atoms with Gasteiger partial charge in [-0.2, -0.15) is 5.10 Å². The number of fused-ring (bicyclic) bond motifs is 2. The van der Waals surface area contributed by atoms with E-state index >= 15 is 0 Å². The second-order valence-electron chi connectivity index (χ2n) is 14.0. The zero-order valence-electron chi connectivity index (χ0n) is 28.9. The van der Waals surface area contributed by atoms with Crippen molar-refractivity contribution in [3.05, 3.63) is 47.8 Å². The number of phosphoric ester groups is 1. The maximum absolute atomic E-state index is 14.0. The number of hydrogen-bond donors (Lipinski definition) is 1. The number of methoxy groups -OCH3 is 1. The monoisotopic (exact) mass is 687 g/mol. The van der Waals surface area contributed by atoms with Crippen LogP contribution in [0.3, 0.4) is 0 Å². The van der Waals surface area contributed by atoms with Crippen LogP contribution in [-0.4, -0.2) is 75.3 Å². The topological polar surface area (TPSA) is 153 Å². The molecule has 0 aliphatic carbocycles. The molecule has 4 heterocycles. The van der Waals surface area contributed by atoms with Crippen molar-refractivity contribution in [1.82, 2.24) is 25.0 Å². The van der Waals surface area contributed by atoms with Crippen molar-refractivity contribution in [1.29, 1.82) is 0 Å². The predicted octanol–water partition coefficient (Wildman–Crippen LogP) is 6.40. The summed E-state index contributed by atoms with van der Waals surface area (Å²) in [5.41, 5.74) is -0.870. The van der Waals surface area contributed by atoms with Crippen LogP contribution in [0.5, 0.6) is 11.6 Å². The van der Waals surface area contributed by atoms with E-state index in [1.165, 1.54) is 11.8 Å². The number of hydrogen-bond acceptors (Lipinski definition) is 11. The van der Waals surface area contributed by atoms with Crippen molar-refractivity contribution in [2.24, 2.45) is 0 Å². The summed E-state index contributed by atoms with van der Waals surface area (Å²) in [7, 11) is -2.46. The standard InChI is InChI=1S/C33H46N5O9P/c1-9-43-30(40)37-17-15-33(16-18-37)19-24(28-25(45-33)13-14-26(35-28)42-8)34-29(39)23-12-10-11-22-20-38(36-27(22)23)21-44-48(41,46-31(2,3)4)47-32(5,6)7/h10-14,20,24H,9,15-19,21H2,1-8H3,(H,34,39)/t24-/m0/s1. The molecule has 0 bridgehead atoms. The highest BCUT2D eigenvalue weighted by atomic mass is 31.2. The first-order valence-electron chi connectivity index (χ1n) is 16.1. The fourth-order valence-corrected chi connectivity index (χ4v) is 7.57. The molecule has 1 fully saturated rings. The van der Waals surface area contributed by atoms with Crippen molar-refractivity contribution < 1.29 is 41.9 Å². The van der Waals surface area contributed by atoms with Gasteiger partial charge in [-0.05, 0) is 60.6 Å². The second-order valence-corrected chi connectivity index (χ2v) is 15.5.